The molecule has 2 aliphatic rings. The van der Waals surface area contributed by atoms with E-state index in [2.05, 4.69) is 63.0 Å². The van der Waals surface area contributed by atoms with Gasteiger partial charge in [0, 0.05) is 54.6 Å². The molecule has 1 N–H and O–H groups in total. The number of hydrogen-bond acceptors (Lipinski definition) is 5. The molecule has 5 nitrogen and oxygen atoms in total. The van der Waals surface area contributed by atoms with Gasteiger partial charge in [0.15, 0.2) is 0 Å². The van der Waals surface area contributed by atoms with Crippen molar-refractivity contribution in [3.8, 4) is 17.6 Å². The van der Waals surface area contributed by atoms with Crippen LogP contribution in [-0.2, 0) is 6.54 Å². The summed E-state index contributed by atoms with van der Waals surface area (Å²) in [5.74, 6) is 7.67. The second-order valence-electron chi connectivity index (χ2n) is 9.48. The summed E-state index contributed by atoms with van der Waals surface area (Å²) in [5.41, 5.74) is 4.57. The number of methoxy groups -OCH3 is 1. The van der Waals surface area contributed by atoms with Crippen LogP contribution in [0.3, 0.4) is 0 Å². The highest BCUT2D eigenvalue weighted by Gasteiger charge is 2.48. The highest BCUT2D eigenvalue weighted by atomic mass is 16.5. The molecule has 0 bridgehead atoms. The SMILES string of the molecule is COc1ccc(C#Cc2ccc([C@H]3[C@@H](CO)N4CCCCN(Cc5ccncc5)C[C@@H]34)cc2)cc1. The lowest BCUT2D eigenvalue weighted by atomic mass is 9.74. The van der Waals surface area contributed by atoms with E-state index < -0.39 is 0 Å². The molecule has 0 radical (unpaired) electrons. The standard InChI is InChI=1S/C30H33N3O2/c1-35-27-12-8-24(9-13-27)5-4-23-6-10-26(11-7-23)30-28-21-32(20-25-14-16-31-17-15-25)18-2-3-19-33(28)29(30)22-34/h6-17,28-30,34H,2-3,18-22H2,1H3/t28-,29+,30+/m0/s1. The third-order valence-corrected chi connectivity index (χ3v) is 7.35. The molecular formula is C30H33N3O2. The molecule has 0 saturated carbocycles. The summed E-state index contributed by atoms with van der Waals surface area (Å²) in [7, 11) is 1.67. The van der Waals surface area contributed by atoms with E-state index in [0.717, 1.165) is 43.1 Å². The fraction of sp³-hybridized carbons (Fsp3) is 0.367. The Morgan fingerprint density at radius 2 is 1.57 bits per heavy atom. The predicted octanol–water partition coefficient (Wildman–Crippen LogP) is 3.91. The molecule has 0 aliphatic carbocycles. The molecule has 0 spiro atoms. The lowest BCUT2D eigenvalue weighted by Crippen LogP contribution is -2.67. The van der Waals surface area contributed by atoms with E-state index in [4.69, 9.17) is 4.74 Å². The zero-order chi connectivity index (χ0) is 24.0. The first kappa shape index (κ1) is 23.6. The Morgan fingerprint density at radius 1 is 0.914 bits per heavy atom. The molecule has 35 heavy (non-hydrogen) atoms. The van der Waals surface area contributed by atoms with Crippen LogP contribution in [-0.4, -0.2) is 65.3 Å². The number of aliphatic hydroxyl groups is 1. The number of nitrogens with zero attached hydrogens (tertiary/aromatic N) is 3. The maximum Gasteiger partial charge on any atom is 0.118 e. The summed E-state index contributed by atoms with van der Waals surface area (Å²) in [6.45, 7) is 4.35. The molecule has 2 aliphatic heterocycles. The third-order valence-electron chi connectivity index (χ3n) is 7.35. The maximum atomic E-state index is 10.2. The van der Waals surface area contributed by atoms with Crippen LogP contribution in [0, 0.1) is 11.8 Å². The molecule has 180 valence electrons. The predicted molar refractivity (Wildman–Crippen MR) is 138 cm³/mol. The number of pyridine rings is 1. The van der Waals surface area contributed by atoms with Crippen LogP contribution in [0.15, 0.2) is 73.1 Å². The molecule has 0 amide bonds. The molecule has 3 atom stereocenters. The Morgan fingerprint density at radius 3 is 2.23 bits per heavy atom. The van der Waals surface area contributed by atoms with Crippen molar-refractivity contribution < 1.29 is 9.84 Å². The van der Waals surface area contributed by atoms with E-state index >= 15 is 0 Å². The molecule has 1 aromatic heterocycles. The summed E-state index contributed by atoms with van der Waals surface area (Å²) < 4.78 is 5.22. The lowest BCUT2D eigenvalue weighted by molar-refractivity contribution is -0.0655. The lowest BCUT2D eigenvalue weighted by Gasteiger charge is -2.57. The zero-order valence-electron chi connectivity index (χ0n) is 20.3. The van der Waals surface area contributed by atoms with Crippen LogP contribution in [0.5, 0.6) is 5.75 Å². The van der Waals surface area contributed by atoms with Gasteiger partial charge in [-0.25, -0.2) is 0 Å². The molecule has 5 heteroatoms. The number of aliphatic hydroxyl groups excluding tert-OH is 1. The molecule has 2 fully saturated rings. The minimum absolute atomic E-state index is 0.192. The quantitative estimate of drug-likeness (QED) is 0.577. The monoisotopic (exact) mass is 467 g/mol. The third kappa shape index (κ3) is 5.41. The smallest absolute Gasteiger partial charge is 0.118 e. The van der Waals surface area contributed by atoms with Gasteiger partial charge in [0.2, 0.25) is 0 Å². The van der Waals surface area contributed by atoms with Gasteiger partial charge in [-0.2, -0.15) is 0 Å². The molecule has 5 rings (SSSR count). The zero-order valence-corrected chi connectivity index (χ0v) is 20.3. The molecule has 2 aromatic carbocycles. The summed E-state index contributed by atoms with van der Waals surface area (Å²) >= 11 is 0. The summed E-state index contributed by atoms with van der Waals surface area (Å²) in [6.07, 6.45) is 6.11. The van der Waals surface area contributed by atoms with Crippen molar-refractivity contribution in [2.75, 3.05) is 33.4 Å². The first-order valence-corrected chi connectivity index (χ1v) is 12.5. The van der Waals surface area contributed by atoms with Crippen LogP contribution in [0.1, 0.15) is 41.0 Å². The first-order valence-electron chi connectivity index (χ1n) is 12.5. The number of aromatic nitrogens is 1. The van der Waals surface area contributed by atoms with Crippen LogP contribution in [0.2, 0.25) is 0 Å². The molecule has 2 saturated heterocycles. The van der Waals surface area contributed by atoms with Crippen molar-refractivity contribution in [1.29, 1.82) is 0 Å². The minimum atomic E-state index is 0.192. The van der Waals surface area contributed by atoms with Gasteiger partial charge in [-0.15, -0.1) is 0 Å². The number of benzene rings is 2. The van der Waals surface area contributed by atoms with E-state index in [1.807, 2.05) is 36.7 Å². The Balaban J connectivity index is 1.30. The van der Waals surface area contributed by atoms with Gasteiger partial charge in [0.05, 0.1) is 13.7 Å². The fourth-order valence-electron chi connectivity index (χ4n) is 5.51. The van der Waals surface area contributed by atoms with Crippen molar-refractivity contribution in [2.24, 2.45) is 0 Å². The van der Waals surface area contributed by atoms with Gasteiger partial charge in [-0.3, -0.25) is 14.8 Å². The van der Waals surface area contributed by atoms with Gasteiger partial charge in [-0.1, -0.05) is 24.0 Å². The molecule has 0 unspecified atom stereocenters. The van der Waals surface area contributed by atoms with Crippen molar-refractivity contribution in [3.63, 3.8) is 0 Å². The highest BCUT2D eigenvalue weighted by molar-refractivity contribution is 5.45. The van der Waals surface area contributed by atoms with Crippen molar-refractivity contribution in [1.82, 2.24) is 14.8 Å². The van der Waals surface area contributed by atoms with Gasteiger partial charge < -0.3 is 9.84 Å². The second-order valence-corrected chi connectivity index (χ2v) is 9.48. The van der Waals surface area contributed by atoms with E-state index in [-0.39, 0.29) is 12.6 Å². The van der Waals surface area contributed by atoms with Crippen molar-refractivity contribution in [2.45, 2.75) is 37.4 Å². The van der Waals surface area contributed by atoms with Gasteiger partial charge in [0.25, 0.3) is 0 Å². The van der Waals surface area contributed by atoms with Crippen molar-refractivity contribution >= 4 is 0 Å². The first-order chi connectivity index (χ1) is 17.2. The average molecular weight is 468 g/mol. The van der Waals surface area contributed by atoms with E-state index in [0.29, 0.717) is 12.0 Å². The minimum Gasteiger partial charge on any atom is -0.497 e. The summed E-state index contributed by atoms with van der Waals surface area (Å²) in [6, 6.07) is 21.3. The van der Waals surface area contributed by atoms with E-state index in [1.54, 1.807) is 7.11 Å². The summed E-state index contributed by atoms with van der Waals surface area (Å²) in [4.78, 5) is 9.26. The normalized spacial score (nSPS) is 22.6. The Labute approximate surface area is 208 Å². The highest BCUT2D eigenvalue weighted by Crippen LogP contribution is 2.42. The number of hydrogen-bond donors (Lipinski definition) is 1. The fourth-order valence-corrected chi connectivity index (χ4v) is 5.51. The Bertz CT molecular complexity index is 1150. The van der Waals surface area contributed by atoms with Crippen LogP contribution < -0.4 is 4.74 Å². The molecule has 3 heterocycles. The topological polar surface area (TPSA) is 48.8 Å². The Kier molecular flexibility index (Phi) is 7.44. The van der Waals surface area contributed by atoms with E-state index in [1.165, 1.54) is 24.0 Å². The molecular weight excluding hydrogens is 434 g/mol. The molecule has 3 aromatic rings. The van der Waals surface area contributed by atoms with Gasteiger partial charge in [-0.05, 0) is 85.6 Å². The van der Waals surface area contributed by atoms with Crippen molar-refractivity contribution in [3.05, 3.63) is 95.3 Å². The Hall–Kier alpha value is -3.17. The second kappa shape index (κ2) is 11.0. The van der Waals surface area contributed by atoms with Crippen LogP contribution in [0.4, 0.5) is 0 Å². The maximum absolute atomic E-state index is 10.2. The number of fused-ring (bicyclic) bond motifs is 1. The summed E-state index contributed by atoms with van der Waals surface area (Å²) in [5, 5.41) is 10.2. The number of rotatable bonds is 5. The largest absolute Gasteiger partial charge is 0.497 e. The van der Waals surface area contributed by atoms with Crippen LogP contribution >= 0.6 is 0 Å². The van der Waals surface area contributed by atoms with E-state index in [9.17, 15) is 5.11 Å². The van der Waals surface area contributed by atoms with Gasteiger partial charge in [0.1, 0.15) is 5.75 Å². The van der Waals surface area contributed by atoms with Gasteiger partial charge >= 0.3 is 0 Å². The number of ether oxygens (including phenoxy) is 1. The average Bonchev–Trinajstić information content (AvgIpc) is 2.89. The van der Waals surface area contributed by atoms with Crippen LogP contribution in [0.25, 0.3) is 0 Å².